The smallest absolute Gasteiger partial charge is 0.306 e. The number of halogens is 1. The van der Waals surface area contributed by atoms with Crippen molar-refractivity contribution in [3.05, 3.63) is 65.1 Å². The van der Waals surface area contributed by atoms with Crippen LogP contribution in [0.5, 0.6) is 5.75 Å². The molecule has 0 N–H and O–H groups in total. The number of imidazole rings is 1. The van der Waals surface area contributed by atoms with Crippen LogP contribution in [0.1, 0.15) is 35.8 Å². The van der Waals surface area contributed by atoms with Crippen LogP contribution in [-0.2, 0) is 16.1 Å². The Morgan fingerprint density at radius 3 is 2.63 bits per heavy atom. The average molecular weight is 387 g/mol. The summed E-state index contributed by atoms with van der Waals surface area (Å²) in [5.41, 5.74) is 2.04. The van der Waals surface area contributed by atoms with Gasteiger partial charge in [-0.2, -0.15) is 0 Å². The number of carbonyl (C=O) groups is 2. The molecule has 0 spiro atoms. The van der Waals surface area contributed by atoms with Crippen molar-refractivity contribution in [2.24, 2.45) is 0 Å². The van der Waals surface area contributed by atoms with Gasteiger partial charge in [0.25, 0.3) is 0 Å². The molecule has 3 aromatic rings. The van der Waals surface area contributed by atoms with Gasteiger partial charge in [-0.3, -0.25) is 9.59 Å². The summed E-state index contributed by atoms with van der Waals surface area (Å²) >= 11 is 5.93. The summed E-state index contributed by atoms with van der Waals surface area (Å²) in [5.74, 6) is 0.371. The maximum atomic E-state index is 11.8. The van der Waals surface area contributed by atoms with Gasteiger partial charge in [-0.25, -0.2) is 4.98 Å². The number of ether oxygens (including phenoxy) is 2. The SMILES string of the molecule is CC(=O)c1ccc(OCCCC(=O)OCc2cn3cc(Cl)ccc3n2)cc1. The zero-order valence-electron chi connectivity index (χ0n) is 14.9. The fourth-order valence-electron chi connectivity index (χ4n) is 2.51. The molecule has 2 aromatic heterocycles. The molecule has 2 heterocycles. The summed E-state index contributed by atoms with van der Waals surface area (Å²) in [6, 6.07) is 10.5. The second-order valence-electron chi connectivity index (χ2n) is 6.04. The molecule has 0 saturated carbocycles. The molecule has 27 heavy (non-hydrogen) atoms. The predicted octanol–water partition coefficient (Wildman–Crippen LogP) is 4.09. The molecule has 1 aromatic carbocycles. The van der Waals surface area contributed by atoms with Crippen LogP contribution in [0.2, 0.25) is 5.02 Å². The van der Waals surface area contributed by atoms with E-state index in [0.717, 1.165) is 5.65 Å². The number of Topliss-reactive ketones (excluding diaryl/α,β-unsaturated/α-hetero) is 1. The van der Waals surface area contributed by atoms with Gasteiger partial charge in [-0.1, -0.05) is 11.6 Å². The number of aromatic nitrogens is 2. The van der Waals surface area contributed by atoms with Crippen molar-refractivity contribution in [1.82, 2.24) is 9.38 Å². The van der Waals surface area contributed by atoms with Crippen molar-refractivity contribution in [2.45, 2.75) is 26.4 Å². The minimum absolute atomic E-state index is 0.0120. The minimum atomic E-state index is -0.305. The Balaban J connectivity index is 1.38. The number of esters is 1. The van der Waals surface area contributed by atoms with E-state index < -0.39 is 0 Å². The molecule has 7 heteroatoms. The first kappa shape index (κ1) is 18.9. The molecule has 0 aliphatic carbocycles. The Morgan fingerprint density at radius 2 is 1.89 bits per heavy atom. The van der Waals surface area contributed by atoms with E-state index in [1.807, 2.05) is 0 Å². The zero-order chi connectivity index (χ0) is 19.2. The lowest BCUT2D eigenvalue weighted by atomic mass is 10.1. The summed E-state index contributed by atoms with van der Waals surface area (Å²) in [5, 5.41) is 0.611. The topological polar surface area (TPSA) is 69.9 Å². The van der Waals surface area contributed by atoms with Crippen molar-refractivity contribution >= 4 is 29.0 Å². The number of rotatable bonds is 8. The highest BCUT2D eigenvalue weighted by Gasteiger charge is 2.07. The molecule has 0 radical (unpaired) electrons. The highest BCUT2D eigenvalue weighted by atomic mass is 35.5. The van der Waals surface area contributed by atoms with E-state index in [0.29, 0.717) is 35.1 Å². The highest BCUT2D eigenvalue weighted by molar-refractivity contribution is 6.30. The van der Waals surface area contributed by atoms with Gasteiger partial charge in [0.15, 0.2) is 5.78 Å². The number of hydrogen-bond donors (Lipinski definition) is 0. The van der Waals surface area contributed by atoms with Crippen LogP contribution in [0.4, 0.5) is 0 Å². The van der Waals surface area contributed by atoms with Crippen LogP contribution in [0.15, 0.2) is 48.8 Å². The van der Waals surface area contributed by atoms with Crippen LogP contribution < -0.4 is 4.74 Å². The standard InChI is InChI=1S/C20H19ClN2O4/c1-14(24)15-4-7-18(8-5-15)26-10-2-3-20(25)27-13-17-12-23-11-16(21)6-9-19(23)22-17/h4-9,11-12H,2-3,10,13H2,1H3. The Hall–Kier alpha value is -2.86. The molecule has 0 fully saturated rings. The van der Waals surface area contributed by atoms with Crippen molar-refractivity contribution < 1.29 is 19.1 Å². The third kappa shape index (κ3) is 5.31. The summed E-state index contributed by atoms with van der Waals surface area (Å²) in [6.07, 6.45) is 4.32. The summed E-state index contributed by atoms with van der Waals surface area (Å²) in [6.45, 7) is 2.02. The quantitative estimate of drug-likeness (QED) is 0.331. The molecular weight excluding hydrogens is 368 g/mol. The normalized spacial score (nSPS) is 10.7. The van der Waals surface area contributed by atoms with E-state index in [2.05, 4.69) is 4.98 Å². The molecule has 0 saturated heterocycles. The number of pyridine rings is 1. The van der Waals surface area contributed by atoms with E-state index >= 15 is 0 Å². The summed E-state index contributed by atoms with van der Waals surface area (Å²) in [4.78, 5) is 27.4. The van der Waals surface area contributed by atoms with E-state index in [1.165, 1.54) is 6.92 Å². The first-order valence-electron chi connectivity index (χ1n) is 8.54. The van der Waals surface area contributed by atoms with Crippen molar-refractivity contribution in [2.75, 3.05) is 6.61 Å². The second kappa shape index (κ2) is 8.68. The van der Waals surface area contributed by atoms with Gasteiger partial charge in [-0.15, -0.1) is 0 Å². The molecule has 0 unspecified atom stereocenters. The number of ketones is 1. The first-order chi connectivity index (χ1) is 13.0. The van der Waals surface area contributed by atoms with E-state index in [1.54, 1.807) is 53.2 Å². The summed E-state index contributed by atoms with van der Waals surface area (Å²) in [7, 11) is 0. The van der Waals surface area contributed by atoms with Crippen LogP contribution in [-0.4, -0.2) is 27.7 Å². The second-order valence-corrected chi connectivity index (χ2v) is 6.47. The largest absolute Gasteiger partial charge is 0.494 e. The summed E-state index contributed by atoms with van der Waals surface area (Å²) < 4.78 is 12.6. The first-order valence-corrected chi connectivity index (χ1v) is 8.91. The van der Waals surface area contributed by atoms with E-state index in [4.69, 9.17) is 21.1 Å². The predicted molar refractivity (Wildman–Crippen MR) is 101 cm³/mol. The number of fused-ring (bicyclic) bond motifs is 1. The van der Waals surface area contributed by atoms with E-state index in [-0.39, 0.29) is 24.8 Å². The van der Waals surface area contributed by atoms with Gasteiger partial charge < -0.3 is 13.9 Å². The van der Waals surface area contributed by atoms with Crippen molar-refractivity contribution in [3.8, 4) is 5.75 Å². The van der Waals surface area contributed by atoms with E-state index in [9.17, 15) is 9.59 Å². The monoisotopic (exact) mass is 386 g/mol. The molecule has 0 atom stereocenters. The number of hydrogen-bond acceptors (Lipinski definition) is 5. The molecule has 3 rings (SSSR count). The molecule has 6 nitrogen and oxygen atoms in total. The highest BCUT2D eigenvalue weighted by Crippen LogP contribution is 2.14. The third-order valence-corrected chi connectivity index (χ3v) is 4.12. The molecular formula is C20H19ClN2O4. The fourth-order valence-corrected chi connectivity index (χ4v) is 2.67. The number of benzene rings is 1. The van der Waals surface area contributed by atoms with Crippen LogP contribution in [0.25, 0.3) is 5.65 Å². The van der Waals surface area contributed by atoms with Gasteiger partial charge in [0, 0.05) is 24.4 Å². The Kier molecular flexibility index (Phi) is 6.08. The van der Waals surface area contributed by atoms with Crippen molar-refractivity contribution in [1.29, 1.82) is 0 Å². The fraction of sp³-hybridized carbons (Fsp3) is 0.250. The number of carbonyl (C=O) groups excluding carboxylic acids is 2. The lowest BCUT2D eigenvalue weighted by molar-refractivity contribution is -0.145. The van der Waals surface area contributed by atoms with Gasteiger partial charge in [0.1, 0.15) is 18.0 Å². The van der Waals surface area contributed by atoms with Crippen LogP contribution >= 0.6 is 11.6 Å². The zero-order valence-corrected chi connectivity index (χ0v) is 15.6. The van der Waals surface area contributed by atoms with Crippen LogP contribution in [0, 0.1) is 0 Å². The van der Waals surface area contributed by atoms with Gasteiger partial charge in [-0.05, 0) is 49.7 Å². The average Bonchev–Trinajstić information content (AvgIpc) is 3.06. The van der Waals surface area contributed by atoms with Crippen LogP contribution in [0.3, 0.4) is 0 Å². The Bertz CT molecular complexity index is 950. The molecule has 0 aliphatic rings. The van der Waals surface area contributed by atoms with Gasteiger partial charge in [0.05, 0.1) is 17.3 Å². The molecule has 140 valence electrons. The van der Waals surface area contributed by atoms with Gasteiger partial charge >= 0.3 is 5.97 Å². The maximum absolute atomic E-state index is 11.8. The Morgan fingerprint density at radius 1 is 1.11 bits per heavy atom. The number of nitrogens with zero attached hydrogens (tertiary/aromatic N) is 2. The third-order valence-electron chi connectivity index (χ3n) is 3.90. The minimum Gasteiger partial charge on any atom is -0.494 e. The molecule has 0 aliphatic heterocycles. The van der Waals surface area contributed by atoms with Gasteiger partial charge in [0.2, 0.25) is 0 Å². The lowest BCUT2D eigenvalue weighted by Crippen LogP contribution is -2.07. The molecule has 0 bridgehead atoms. The Labute approximate surface area is 161 Å². The molecule has 0 amide bonds. The van der Waals surface area contributed by atoms with Crippen molar-refractivity contribution in [3.63, 3.8) is 0 Å². The lowest BCUT2D eigenvalue weighted by Gasteiger charge is -2.06. The maximum Gasteiger partial charge on any atom is 0.306 e.